The van der Waals surface area contributed by atoms with E-state index in [-0.39, 0.29) is 0 Å². The van der Waals surface area contributed by atoms with Crippen LogP contribution in [0.5, 0.6) is 11.5 Å². The quantitative estimate of drug-likeness (QED) is 0.729. The summed E-state index contributed by atoms with van der Waals surface area (Å²) in [5, 5.41) is 12.9. The second kappa shape index (κ2) is 6.61. The average Bonchev–Trinajstić information content (AvgIpc) is 2.33. The molecule has 102 valence electrons. The maximum absolute atomic E-state index is 9.59. The van der Waals surface area contributed by atoms with Crippen molar-refractivity contribution in [3.8, 4) is 11.5 Å². The van der Waals surface area contributed by atoms with Crippen LogP contribution in [0.25, 0.3) is 0 Å². The van der Waals surface area contributed by atoms with Crippen LogP contribution in [0.4, 0.5) is 0 Å². The molecular weight excluding hydrogens is 230 g/mol. The molecule has 0 saturated heterocycles. The molecule has 0 bridgehead atoms. The Hall–Kier alpha value is -1.26. The first-order valence-corrected chi connectivity index (χ1v) is 6.10. The van der Waals surface area contributed by atoms with Crippen LogP contribution in [0.2, 0.25) is 0 Å². The monoisotopic (exact) mass is 253 g/mol. The zero-order valence-corrected chi connectivity index (χ0v) is 11.6. The SMILES string of the molecule is COc1ccc(CNCCC(C)(C)O)cc1OC. The Bertz CT molecular complexity index is 372. The molecule has 2 N–H and O–H groups in total. The van der Waals surface area contributed by atoms with E-state index in [1.165, 1.54) is 0 Å². The summed E-state index contributed by atoms with van der Waals surface area (Å²) in [4.78, 5) is 0. The molecule has 1 aromatic rings. The summed E-state index contributed by atoms with van der Waals surface area (Å²) in [6.07, 6.45) is 0.723. The maximum atomic E-state index is 9.59. The third kappa shape index (κ3) is 4.94. The van der Waals surface area contributed by atoms with E-state index in [4.69, 9.17) is 9.47 Å². The number of methoxy groups -OCH3 is 2. The Balaban J connectivity index is 2.48. The van der Waals surface area contributed by atoms with Gasteiger partial charge in [0.1, 0.15) is 0 Å². The number of hydrogen-bond donors (Lipinski definition) is 2. The lowest BCUT2D eigenvalue weighted by molar-refractivity contribution is 0.0711. The van der Waals surface area contributed by atoms with Crippen molar-refractivity contribution in [1.82, 2.24) is 5.32 Å². The highest BCUT2D eigenvalue weighted by Gasteiger charge is 2.11. The molecule has 1 rings (SSSR count). The zero-order valence-electron chi connectivity index (χ0n) is 11.6. The van der Waals surface area contributed by atoms with Gasteiger partial charge in [0, 0.05) is 6.54 Å². The number of hydrogen-bond acceptors (Lipinski definition) is 4. The molecule has 1 aromatic carbocycles. The highest BCUT2D eigenvalue weighted by molar-refractivity contribution is 5.42. The third-order valence-electron chi connectivity index (χ3n) is 2.69. The lowest BCUT2D eigenvalue weighted by atomic mass is 10.1. The van der Waals surface area contributed by atoms with E-state index in [0.29, 0.717) is 0 Å². The van der Waals surface area contributed by atoms with Crippen LogP contribution in [-0.2, 0) is 6.54 Å². The lowest BCUT2D eigenvalue weighted by Crippen LogP contribution is -2.26. The molecule has 0 aliphatic heterocycles. The van der Waals surface area contributed by atoms with Gasteiger partial charge < -0.3 is 19.9 Å². The van der Waals surface area contributed by atoms with Crippen molar-refractivity contribution in [3.05, 3.63) is 23.8 Å². The second-order valence-electron chi connectivity index (χ2n) is 4.93. The predicted octanol–water partition coefficient (Wildman–Crippen LogP) is 1.95. The van der Waals surface area contributed by atoms with E-state index >= 15 is 0 Å². The first-order chi connectivity index (χ1) is 8.46. The predicted molar refractivity (Wildman–Crippen MR) is 72.2 cm³/mol. The Morgan fingerprint density at radius 1 is 1.17 bits per heavy atom. The molecule has 0 spiro atoms. The van der Waals surface area contributed by atoms with E-state index in [1.54, 1.807) is 14.2 Å². The largest absolute Gasteiger partial charge is 0.493 e. The Morgan fingerprint density at radius 3 is 2.39 bits per heavy atom. The molecule has 4 nitrogen and oxygen atoms in total. The first-order valence-electron chi connectivity index (χ1n) is 6.10. The van der Waals surface area contributed by atoms with E-state index in [1.807, 2.05) is 32.0 Å². The maximum Gasteiger partial charge on any atom is 0.161 e. The van der Waals surface area contributed by atoms with Gasteiger partial charge in [-0.2, -0.15) is 0 Å². The van der Waals surface area contributed by atoms with Crippen molar-refractivity contribution in [2.24, 2.45) is 0 Å². The van der Waals surface area contributed by atoms with Gasteiger partial charge in [-0.15, -0.1) is 0 Å². The molecular formula is C14H23NO3. The number of benzene rings is 1. The molecule has 0 heterocycles. The Labute approximate surface area is 109 Å². The van der Waals surface area contributed by atoms with Crippen LogP contribution in [0.15, 0.2) is 18.2 Å². The molecule has 0 radical (unpaired) electrons. The summed E-state index contributed by atoms with van der Waals surface area (Å²) in [7, 11) is 3.25. The molecule has 0 unspecified atom stereocenters. The van der Waals surface area contributed by atoms with Crippen molar-refractivity contribution >= 4 is 0 Å². The molecule has 0 saturated carbocycles. The van der Waals surface area contributed by atoms with Crippen LogP contribution in [-0.4, -0.2) is 31.5 Å². The molecule has 0 fully saturated rings. The summed E-state index contributed by atoms with van der Waals surface area (Å²) in [6.45, 7) is 5.14. The minimum Gasteiger partial charge on any atom is -0.493 e. The van der Waals surface area contributed by atoms with E-state index < -0.39 is 5.60 Å². The Kier molecular flexibility index (Phi) is 5.44. The molecule has 0 aliphatic carbocycles. The summed E-state index contributed by atoms with van der Waals surface area (Å²) >= 11 is 0. The van der Waals surface area contributed by atoms with E-state index in [0.717, 1.165) is 36.6 Å². The average molecular weight is 253 g/mol. The van der Waals surface area contributed by atoms with Gasteiger partial charge in [0.25, 0.3) is 0 Å². The highest BCUT2D eigenvalue weighted by Crippen LogP contribution is 2.27. The Morgan fingerprint density at radius 2 is 1.83 bits per heavy atom. The van der Waals surface area contributed by atoms with Crippen LogP contribution in [0.1, 0.15) is 25.8 Å². The smallest absolute Gasteiger partial charge is 0.161 e. The number of nitrogens with one attached hydrogen (secondary N) is 1. The number of rotatable bonds is 7. The van der Waals surface area contributed by atoms with Gasteiger partial charge in [-0.05, 0) is 44.5 Å². The van der Waals surface area contributed by atoms with Crippen molar-refractivity contribution in [3.63, 3.8) is 0 Å². The van der Waals surface area contributed by atoms with Gasteiger partial charge in [-0.1, -0.05) is 6.07 Å². The van der Waals surface area contributed by atoms with Crippen LogP contribution >= 0.6 is 0 Å². The summed E-state index contributed by atoms with van der Waals surface area (Å²) in [5.41, 5.74) is 0.508. The lowest BCUT2D eigenvalue weighted by Gasteiger charge is -2.17. The minimum absolute atomic E-state index is 0.620. The van der Waals surface area contributed by atoms with Crippen molar-refractivity contribution in [2.75, 3.05) is 20.8 Å². The fourth-order valence-electron chi connectivity index (χ4n) is 1.62. The topological polar surface area (TPSA) is 50.7 Å². The number of aliphatic hydroxyl groups is 1. The van der Waals surface area contributed by atoms with Gasteiger partial charge in [-0.25, -0.2) is 0 Å². The van der Waals surface area contributed by atoms with E-state index in [9.17, 15) is 5.11 Å². The van der Waals surface area contributed by atoms with Crippen LogP contribution < -0.4 is 14.8 Å². The van der Waals surface area contributed by atoms with Crippen LogP contribution in [0.3, 0.4) is 0 Å². The van der Waals surface area contributed by atoms with Crippen molar-refractivity contribution < 1.29 is 14.6 Å². The second-order valence-corrected chi connectivity index (χ2v) is 4.93. The van der Waals surface area contributed by atoms with Crippen molar-refractivity contribution in [1.29, 1.82) is 0 Å². The highest BCUT2D eigenvalue weighted by atomic mass is 16.5. The first kappa shape index (κ1) is 14.8. The van der Waals surface area contributed by atoms with Crippen molar-refractivity contribution in [2.45, 2.75) is 32.4 Å². The molecule has 0 aliphatic rings. The molecule has 18 heavy (non-hydrogen) atoms. The molecule has 0 atom stereocenters. The summed E-state index contributed by atoms with van der Waals surface area (Å²) in [6, 6.07) is 5.85. The number of ether oxygens (including phenoxy) is 2. The third-order valence-corrected chi connectivity index (χ3v) is 2.69. The fraction of sp³-hybridized carbons (Fsp3) is 0.571. The van der Waals surface area contributed by atoms with Gasteiger partial charge in [-0.3, -0.25) is 0 Å². The van der Waals surface area contributed by atoms with Gasteiger partial charge in [0.15, 0.2) is 11.5 Å². The fourth-order valence-corrected chi connectivity index (χ4v) is 1.62. The zero-order chi connectivity index (χ0) is 13.6. The summed E-state index contributed by atoms with van der Waals surface area (Å²) < 4.78 is 10.4. The summed E-state index contributed by atoms with van der Waals surface area (Å²) in [5.74, 6) is 1.47. The van der Waals surface area contributed by atoms with Gasteiger partial charge >= 0.3 is 0 Å². The minimum atomic E-state index is -0.620. The normalized spacial score (nSPS) is 11.4. The molecule has 0 aromatic heterocycles. The van der Waals surface area contributed by atoms with Gasteiger partial charge in [0.05, 0.1) is 19.8 Å². The van der Waals surface area contributed by atoms with Gasteiger partial charge in [0.2, 0.25) is 0 Å². The van der Waals surface area contributed by atoms with E-state index in [2.05, 4.69) is 5.32 Å². The molecule has 0 amide bonds. The molecule has 4 heteroatoms. The standard InChI is InChI=1S/C14H23NO3/c1-14(2,16)7-8-15-10-11-5-6-12(17-3)13(9-11)18-4/h5-6,9,15-16H,7-8,10H2,1-4H3. The van der Waals surface area contributed by atoms with Crippen LogP contribution in [0, 0.1) is 0 Å².